The molecule has 0 heterocycles. The number of rotatable bonds is 6. The molecule has 4 heteroatoms. The van der Waals surface area contributed by atoms with Crippen LogP contribution in [0.25, 0.3) is 0 Å². The lowest BCUT2D eigenvalue weighted by atomic mass is 9.97. The van der Waals surface area contributed by atoms with Crippen LogP contribution in [0.4, 0.5) is 5.69 Å². The third-order valence-corrected chi connectivity index (χ3v) is 4.14. The Morgan fingerprint density at radius 2 is 2.00 bits per heavy atom. The van der Waals surface area contributed by atoms with Gasteiger partial charge in [-0.25, -0.2) is 0 Å². The van der Waals surface area contributed by atoms with Crippen molar-refractivity contribution in [1.82, 2.24) is 0 Å². The molecule has 2 rings (SSSR count). The standard InChI is InChI=1S/C19H22ClNO2/c1-4-14(3)15-7-5-6-8-17(15)21-19(22)12-23-18-11-13(2)9-10-16(18)20/h5-11,14H,4,12H2,1-3H3,(H,21,22)/t14-/m0/s1. The number of halogens is 1. The zero-order valence-corrected chi connectivity index (χ0v) is 14.5. The number of carbonyl (C=O) groups is 1. The Morgan fingerprint density at radius 1 is 1.26 bits per heavy atom. The summed E-state index contributed by atoms with van der Waals surface area (Å²) in [7, 11) is 0. The molecule has 3 nitrogen and oxygen atoms in total. The highest BCUT2D eigenvalue weighted by Crippen LogP contribution is 2.27. The molecule has 1 amide bonds. The maximum absolute atomic E-state index is 12.2. The number of para-hydroxylation sites is 1. The van der Waals surface area contributed by atoms with Crippen LogP contribution < -0.4 is 10.1 Å². The second kappa shape index (κ2) is 8.02. The topological polar surface area (TPSA) is 38.3 Å². The van der Waals surface area contributed by atoms with E-state index in [0.717, 1.165) is 23.2 Å². The Hall–Kier alpha value is -2.00. The van der Waals surface area contributed by atoms with Gasteiger partial charge in [-0.3, -0.25) is 4.79 Å². The minimum atomic E-state index is -0.196. The molecule has 122 valence electrons. The van der Waals surface area contributed by atoms with Gasteiger partial charge in [0.2, 0.25) is 0 Å². The van der Waals surface area contributed by atoms with Gasteiger partial charge in [-0.1, -0.05) is 49.7 Å². The lowest BCUT2D eigenvalue weighted by molar-refractivity contribution is -0.118. The molecule has 0 saturated carbocycles. The number of carbonyl (C=O) groups excluding carboxylic acids is 1. The monoisotopic (exact) mass is 331 g/mol. The van der Waals surface area contributed by atoms with Crippen LogP contribution >= 0.6 is 11.6 Å². The Morgan fingerprint density at radius 3 is 2.74 bits per heavy atom. The highest BCUT2D eigenvalue weighted by molar-refractivity contribution is 6.32. The summed E-state index contributed by atoms with van der Waals surface area (Å²) in [6.07, 6.45) is 1.02. The first-order chi connectivity index (χ1) is 11.0. The van der Waals surface area contributed by atoms with Gasteiger partial charge in [0, 0.05) is 5.69 Å². The number of anilines is 1. The average molecular weight is 332 g/mol. The summed E-state index contributed by atoms with van der Waals surface area (Å²) in [5, 5.41) is 3.43. The van der Waals surface area contributed by atoms with Crippen molar-refractivity contribution in [2.45, 2.75) is 33.1 Å². The van der Waals surface area contributed by atoms with Gasteiger partial charge in [-0.15, -0.1) is 0 Å². The van der Waals surface area contributed by atoms with E-state index >= 15 is 0 Å². The maximum Gasteiger partial charge on any atom is 0.262 e. The molecule has 0 aromatic heterocycles. The van der Waals surface area contributed by atoms with Crippen molar-refractivity contribution in [2.24, 2.45) is 0 Å². The summed E-state index contributed by atoms with van der Waals surface area (Å²) in [6.45, 7) is 6.16. The first kappa shape index (κ1) is 17.4. The van der Waals surface area contributed by atoms with Crippen molar-refractivity contribution >= 4 is 23.2 Å². The van der Waals surface area contributed by atoms with Crippen LogP contribution in [0.5, 0.6) is 5.75 Å². The predicted octanol–water partition coefficient (Wildman–Crippen LogP) is 5.18. The molecule has 23 heavy (non-hydrogen) atoms. The van der Waals surface area contributed by atoms with E-state index in [1.165, 1.54) is 0 Å². The summed E-state index contributed by atoms with van der Waals surface area (Å²) in [4.78, 5) is 12.2. The molecule has 0 radical (unpaired) electrons. The number of hydrogen-bond acceptors (Lipinski definition) is 2. The van der Waals surface area contributed by atoms with Crippen molar-refractivity contribution in [3.8, 4) is 5.75 Å². The molecule has 1 N–H and O–H groups in total. The van der Waals surface area contributed by atoms with Crippen molar-refractivity contribution < 1.29 is 9.53 Å². The molecule has 1 atom stereocenters. The van der Waals surface area contributed by atoms with Crippen LogP contribution in [-0.4, -0.2) is 12.5 Å². The maximum atomic E-state index is 12.2. The number of amides is 1. The number of benzene rings is 2. The van der Waals surface area contributed by atoms with E-state index in [2.05, 4.69) is 19.2 Å². The lowest BCUT2D eigenvalue weighted by Gasteiger charge is -2.16. The smallest absolute Gasteiger partial charge is 0.262 e. The second-order valence-electron chi connectivity index (χ2n) is 5.67. The summed E-state index contributed by atoms with van der Waals surface area (Å²) in [5.74, 6) is 0.717. The van der Waals surface area contributed by atoms with Gasteiger partial charge in [-0.2, -0.15) is 0 Å². The molecule has 0 fully saturated rings. The molecule has 0 aliphatic rings. The minimum absolute atomic E-state index is 0.0714. The number of nitrogens with one attached hydrogen (secondary N) is 1. The van der Waals surface area contributed by atoms with Crippen LogP contribution in [0, 0.1) is 6.92 Å². The SMILES string of the molecule is CC[C@H](C)c1ccccc1NC(=O)COc1cc(C)ccc1Cl. The normalized spacial score (nSPS) is 11.8. The van der Waals surface area contributed by atoms with Gasteiger partial charge in [0.15, 0.2) is 6.61 Å². The summed E-state index contributed by atoms with van der Waals surface area (Å²) in [5.41, 5.74) is 3.01. The molecule has 0 aliphatic heterocycles. The van der Waals surface area contributed by atoms with Crippen LogP contribution in [0.2, 0.25) is 5.02 Å². The number of hydrogen-bond donors (Lipinski definition) is 1. The van der Waals surface area contributed by atoms with E-state index < -0.39 is 0 Å². The van der Waals surface area contributed by atoms with Gasteiger partial charge in [-0.05, 0) is 48.6 Å². The zero-order chi connectivity index (χ0) is 16.8. The lowest BCUT2D eigenvalue weighted by Crippen LogP contribution is -2.21. The molecule has 0 spiro atoms. The fourth-order valence-corrected chi connectivity index (χ4v) is 2.48. The number of aryl methyl sites for hydroxylation is 1. The highest BCUT2D eigenvalue weighted by atomic mass is 35.5. The first-order valence-electron chi connectivity index (χ1n) is 7.79. The molecular weight excluding hydrogens is 310 g/mol. The fourth-order valence-electron chi connectivity index (χ4n) is 2.31. The summed E-state index contributed by atoms with van der Waals surface area (Å²) >= 11 is 6.07. The Balaban J connectivity index is 2.02. The van der Waals surface area contributed by atoms with Crippen molar-refractivity contribution in [1.29, 1.82) is 0 Å². The van der Waals surface area contributed by atoms with E-state index in [0.29, 0.717) is 16.7 Å². The van der Waals surface area contributed by atoms with Crippen LogP contribution in [0.1, 0.15) is 37.3 Å². The minimum Gasteiger partial charge on any atom is -0.482 e. The van der Waals surface area contributed by atoms with Crippen LogP contribution in [0.3, 0.4) is 0 Å². The Bertz CT molecular complexity index is 685. The second-order valence-corrected chi connectivity index (χ2v) is 6.07. The molecular formula is C19H22ClNO2. The summed E-state index contributed by atoms with van der Waals surface area (Å²) in [6, 6.07) is 13.4. The van der Waals surface area contributed by atoms with E-state index in [1.807, 2.05) is 43.3 Å². The van der Waals surface area contributed by atoms with Crippen molar-refractivity contribution in [2.75, 3.05) is 11.9 Å². The molecule has 2 aromatic carbocycles. The van der Waals surface area contributed by atoms with E-state index in [9.17, 15) is 4.79 Å². The predicted molar refractivity (Wildman–Crippen MR) is 95.5 cm³/mol. The van der Waals surface area contributed by atoms with E-state index in [-0.39, 0.29) is 12.5 Å². The first-order valence-corrected chi connectivity index (χ1v) is 8.16. The molecule has 0 saturated heterocycles. The molecule has 0 aliphatic carbocycles. The van der Waals surface area contributed by atoms with Crippen molar-refractivity contribution in [3.63, 3.8) is 0 Å². The van der Waals surface area contributed by atoms with Crippen molar-refractivity contribution in [3.05, 3.63) is 58.6 Å². The summed E-state index contributed by atoms with van der Waals surface area (Å²) < 4.78 is 5.53. The van der Waals surface area contributed by atoms with Crippen LogP contribution in [0.15, 0.2) is 42.5 Å². The Kier molecular flexibility index (Phi) is 6.05. The van der Waals surface area contributed by atoms with Gasteiger partial charge in [0.05, 0.1) is 5.02 Å². The average Bonchev–Trinajstić information content (AvgIpc) is 2.55. The van der Waals surface area contributed by atoms with E-state index in [4.69, 9.17) is 16.3 Å². The Labute approximate surface area is 142 Å². The molecule has 2 aromatic rings. The third kappa shape index (κ3) is 4.73. The number of ether oxygens (including phenoxy) is 1. The van der Waals surface area contributed by atoms with E-state index in [1.54, 1.807) is 6.07 Å². The molecule has 0 unspecified atom stereocenters. The largest absolute Gasteiger partial charge is 0.482 e. The third-order valence-electron chi connectivity index (χ3n) is 3.82. The molecule has 0 bridgehead atoms. The van der Waals surface area contributed by atoms with Gasteiger partial charge < -0.3 is 10.1 Å². The van der Waals surface area contributed by atoms with Gasteiger partial charge in [0.1, 0.15) is 5.75 Å². The quantitative estimate of drug-likeness (QED) is 0.792. The zero-order valence-electron chi connectivity index (χ0n) is 13.7. The van der Waals surface area contributed by atoms with Gasteiger partial charge in [0.25, 0.3) is 5.91 Å². The highest BCUT2D eigenvalue weighted by Gasteiger charge is 2.12. The van der Waals surface area contributed by atoms with Crippen LogP contribution in [-0.2, 0) is 4.79 Å². The van der Waals surface area contributed by atoms with Gasteiger partial charge >= 0.3 is 0 Å². The fraction of sp³-hybridized carbons (Fsp3) is 0.316.